The van der Waals surface area contributed by atoms with Gasteiger partial charge in [0.1, 0.15) is 25.4 Å². The number of carbonyl (C=O) groups excluding carboxylic acids is 4. The molecule has 0 aliphatic heterocycles. The average Bonchev–Trinajstić information content (AvgIpc) is 3.82. The first-order valence-electron chi connectivity index (χ1n) is 26.7. The summed E-state index contributed by atoms with van der Waals surface area (Å²) in [5, 5.41) is 0. The first-order valence-corrected chi connectivity index (χ1v) is 26.7. The molecule has 0 unspecified atom stereocenters. The lowest BCUT2D eigenvalue weighted by Crippen LogP contribution is -2.54. The molecular formula is C54H80F6O8. The first-order chi connectivity index (χ1) is 31.9. The minimum absolute atomic E-state index is 0.0378. The lowest BCUT2D eigenvalue weighted by Gasteiger charge is -2.61. The molecule has 0 aromatic rings. The highest BCUT2D eigenvalue weighted by Crippen LogP contribution is 2.70. The fourth-order valence-corrected chi connectivity index (χ4v) is 18.6. The molecule has 8 aliphatic carbocycles. The molecule has 8 fully saturated rings. The van der Waals surface area contributed by atoms with Crippen molar-refractivity contribution in [3.8, 4) is 0 Å². The lowest BCUT2D eigenvalue weighted by atomic mass is 9.44. The molecule has 18 atom stereocenters. The van der Waals surface area contributed by atoms with Crippen LogP contribution in [0.15, 0.2) is 0 Å². The van der Waals surface area contributed by atoms with Crippen molar-refractivity contribution in [1.29, 1.82) is 0 Å². The van der Waals surface area contributed by atoms with Crippen LogP contribution in [0.4, 0.5) is 26.3 Å². The van der Waals surface area contributed by atoms with E-state index in [1.807, 2.05) is 0 Å². The summed E-state index contributed by atoms with van der Waals surface area (Å²) in [5.41, 5.74) is 0.463. The number of hydrogen-bond donors (Lipinski definition) is 0. The Morgan fingerprint density at radius 3 is 1.21 bits per heavy atom. The maximum absolute atomic E-state index is 12.9. The zero-order valence-electron chi connectivity index (χ0n) is 41.6. The number of carbonyl (C=O) groups is 4. The van der Waals surface area contributed by atoms with Crippen LogP contribution >= 0.6 is 0 Å². The smallest absolute Gasteiger partial charge is 0.462 e. The van der Waals surface area contributed by atoms with E-state index in [0.717, 1.165) is 89.9 Å². The Morgan fingerprint density at radius 1 is 0.485 bits per heavy atom. The summed E-state index contributed by atoms with van der Waals surface area (Å²) >= 11 is 0. The van der Waals surface area contributed by atoms with Crippen LogP contribution in [0.1, 0.15) is 183 Å². The zero-order chi connectivity index (χ0) is 49.2. The summed E-state index contributed by atoms with van der Waals surface area (Å²) in [6.07, 6.45) is 7.59. The summed E-state index contributed by atoms with van der Waals surface area (Å²) in [5.74, 6) is 0.963. The maximum Gasteiger partial charge on any atom is 0.490 e. The predicted molar refractivity (Wildman–Crippen MR) is 241 cm³/mol. The van der Waals surface area contributed by atoms with Gasteiger partial charge in [-0.1, -0.05) is 41.5 Å². The van der Waals surface area contributed by atoms with E-state index in [9.17, 15) is 45.5 Å². The number of rotatable bonds is 13. The van der Waals surface area contributed by atoms with Crippen LogP contribution in [0.3, 0.4) is 0 Å². The minimum Gasteiger partial charge on any atom is -0.462 e. The monoisotopic (exact) mass is 971 g/mol. The number of hydrogen-bond acceptors (Lipinski definition) is 8. The van der Waals surface area contributed by atoms with Crippen LogP contribution in [-0.4, -0.2) is 61.7 Å². The molecule has 8 rings (SSSR count). The van der Waals surface area contributed by atoms with Crippen molar-refractivity contribution < 1.29 is 64.5 Å². The molecule has 0 radical (unpaired) electrons. The summed E-state index contributed by atoms with van der Waals surface area (Å²) in [4.78, 5) is 49.0. The molecule has 0 N–H and O–H groups in total. The molecule has 68 heavy (non-hydrogen) atoms. The van der Waals surface area contributed by atoms with Gasteiger partial charge in [0.25, 0.3) is 0 Å². The topological polar surface area (TPSA) is 105 Å². The lowest BCUT2D eigenvalue weighted by molar-refractivity contribution is -0.210. The second-order valence-electron chi connectivity index (χ2n) is 24.8. The van der Waals surface area contributed by atoms with Crippen molar-refractivity contribution in [2.45, 2.75) is 207 Å². The van der Waals surface area contributed by atoms with Gasteiger partial charge in [-0.3, -0.25) is 9.59 Å². The molecule has 0 saturated heterocycles. The molecule has 0 spiro atoms. The number of ether oxygens (including phenoxy) is 4. The van der Waals surface area contributed by atoms with Gasteiger partial charge in [-0.2, -0.15) is 26.3 Å². The van der Waals surface area contributed by atoms with Crippen molar-refractivity contribution in [2.75, 3.05) is 13.2 Å². The largest absolute Gasteiger partial charge is 0.490 e. The van der Waals surface area contributed by atoms with Gasteiger partial charge in [0, 0.05) is 12.8 Å². The van der Waals surface area contributed by atoms with Crippen molar-refractivity contribution in [3.63, 3.8) is 0 Å². The predicted octanol–water partition coefficient (Wildman–Crippen LogP) is 13.2. The molecule has 8 aliphatic rings. The molecule has 0 aromatic heterocycles. The van der Waals surface area contributed by atoms with Gasteiger partial charge in [-0.15, -0.1) is 0 Å². The third kappa shape index (κ3) is 9.86. The third-order valence-electron chi connectivity index (χ3n) is 22.0. The van der Waals surface area contributed by atoms with Gasteiger partial charge in [0.2, 0.25) is 0 Å². The molecule has 14 heteroatoms. The van der Waals surface area contributed by atoms with E-state index in [0.29, 0.717) is 97.7 Å². The third-order valence-corrected chi connectivity index (χ3v) is 22.0. The second kappa shape index (κ2) is 19.5. The molecule has 8 nitrogen and oxygen atoms in total. The highest BCUT2D eigenvalue weighted by Gasteiger charge is 2.63. The van der Waals surface area contributed by atoms with Gasteiger partial charge in [0.05, 0.1) is 0 Å². The van der Waals surface area contributed by atoms with Gasteiger partial charge in [-0.25, -0.2) is 9.59 Å². The van der Waals surface area contributed by atoms with Crippen LogP contribution < -0.4 is 0 Å². The highest BCUT2D eigenvalue weighted by atomic mass is 19.4. The Labute approximate surface area is 400 Å². The van der Waals surface area contributed by atoms with Crippen LogP contribution in [-0.2, 0) is 38.1 Å². The standard InChI is InChI=1S/C54H80F6O8/c1-31(39-13-15-41-37-11-9-33-29-35(67-47(63)53(55,56)57)19-23-49(33,3)43(37)21-25-51(39,41)5)7-17-45(61)65-27-28-66-46(62)18-8-32(2)40-14-16-42-38-12-10-34-30-36(68-48(64)54(58,59)60)20-24-50(34,4)44(38)22-26-52(40,42)6/h31-44H,7-30H2,1-6H3/t31-,32-,33-,34-,35-,36-,37+,38+,39-,40-,41+,42+,43+,44+,49+,50+,51-,52-/m1/s1. The Bertz CT molecular complexity index is 1720. The van der Waals surface area contributed by atoms with E-state index in [4.69, 9.17) is 18.9 Å². The average molecular weight is 971 g/mol. The van der Waals surface area contributed by atoms with Crippen LogP contribution in [0, 0.1) is 92.7 Å². The van der Waals surface area contributed by atoms with E-state index in [2.05, 4.69) is 41.5 Å². The zero-order valence-corrected chi connectivity index (χ0v) is 41.6. The Hall–Kier alpha value is -2.54. The van der Waals surface area contributed by atoms with E-state index >= 15 is 0 Å². The highest BCUT2D eigenvalue weighted by molar-refractivity contribution is 5.76. The van der Waals surface area contributed by atoms with Crippen molar-refractivity contribution >= 4 is 23.9 Å². The van der Waals surface area contributed by atoms with Crippen LogP contribution in [0.2, 0.25) is 0 Å². The molecule has 0 aromatic carbocycles. The summed E-state index contributed by atoms with van der Waals surface area (Å²) in [6.45, 7) is 14.2. The van der Waals surface area contributed by atoms with Crippen LogP contribution in [0.5, 0.6) is 0 Å². The Kier molecular flexibility index (Phi) is 14.8. The van der Waals surface area contributed by atoms with Gasteiger partial charge in [0.15, 0.2) is 0 Å². The fraction of sp³-hybridized carbons (Fsp3) is 0.926. The molecule has 386 valence electrons. The molecule has 0 amide bonds. The Balaban J connectivity index is 0.724. The molecule has 0 bridgehead atoms. The minimum atomic E-state index is -4.96. The van der Waals surface area contributed by atoms with Crippen LogP contribution in [0.25, 0.3) is 0 Å². The van der Waals surface area contributed by atoms with Gasteiger partial charge < -0.3 is 18.9 Å². The number of halogens is 6. The fourth-order valence-electron chi connectivity index (χ4n) is 18.6. The van der Waals surface area contributed by atoms with Gasteiger partial charge in [-0.05, 0) is 221 Å². The number of alkyl halides is 6. The maximum atomic E-state index is 12.9. The SMILES string of the molecule is C[C@H](CCC(=O)OCCOC(=O)CC[C@@H](C)[C@H]1CC[C@H]2[C@@H]3CC[C@@H]4C[C@H](OC(=O)C(F)(F)F)CC[C@]4(C)[C@H]3CC[C@]12C)[C@H]1CC[C@H]2[C@@H]3CC[C@@H]4C[C@H](OC(=O)C(F)(F)F)CC[C@]4(C)[C@H]3CC[C@]12C. The molecular weight excluding hydrogens is 891 g/mol. The first kappa shape index (κ1) is 51.8. The Morgan fingerprint density at radius 2 is 0.838 bits per heavy atom. The van der Waals surface area contributed by atoms with Crippen molar-refractivity contribution in [1.82, 2.24) is 0 Å². The molecule has 8 saturated carbocycles. The van der Waals surface area contributed by atoms with Crippen molar-refractivity contribution in [3.05, 3.63) is 0 Å². The number of esters is 4. The second-order valence-corrected chi connectivity index (χ2v) is 24.8. The summed E-state index contributed by atoms with van der Waals surface area (Å²) < 4.78 is 98.6. The quantitative estimate of drug-likeness (QED) is 0.0778. The summed E-state index contributed by atoms with van der Waals surface area (Å²) in [6, 6.07) is 0. The number of fused-ring (bicyclic) bond motifs is 10. The molecule has 0 heterocycles. The normalized spacial score (nSPS) is 42.9. The summed E-state index contributed by atoms with van der Waals surface area (Å²) in [7, 11) is 0. The van der Waals surface area contributed by atoms with E-state index in [1.165, 1.54) is 12.8 Å². The van der Waals surface area contributed by atoms with E-state index < -0.39 is 36.5 Å². The van der Waals surface area contributed by atoms with E-state index in [1.54, 1.807) is 0 Å². The van der Waals surface area contributed by atoms with E-state index in [-0.39, 0.29) is 58.6 Å². The van der Waals surface area contributed by atoms with Gasteiger partial charge >= 0.3 is 36.2 Å². The van der Waals surface area contributed by atoms with Crippen molar-refractivity contribution in [2.24, 2.45) is 92.7 Å².